The van der Waals surface area contributed by atoms with Crippen LogP contribution in [0.4, 0.5) is 0 Å². The number of halogens is 1. The third-order valence-corrected chi connectivity index (χ3v) is 4.65. The Bertz CT molecular complexity index is 511. The molecule has 0 amide bonds. The van der Waals surface area contributed by atoms with Crippen LogP contribution >= 0.6 is 15.9 Å². The summed E-state index contributed by atoms with van der Waals surface area (Å²) in [5.41, 5.74) is -0.00194. The number of hydrogen-bond acceptors (Lipinski definition) is 3. The Morgan fingerprint density at radius 3 is 2.21 bits per heavy atom. The van der Waals surface area contributed by atoms with Crippen molar-refractivity contribution in [3.05, 3.63) is 28.2 Å². The second-order valence-electron chi connectivity index (χ2n) is 5.60. The van der Waals surface area contributed by atoms with Gasteiger partial charge in [0.05, 0.1) is 16.8 Å². The molecule has 1 fully saturated rings. The van der Waals surface area contributed by atoms with E-state index in [4.69, 9.17) is 14.4 Å². The van der Waals surface area contributed by atoms with Crippen LogP contribution < -0.4 is 5.46 Å². The van der Waals surface area contributed by atoms with E-state index in [9.17, 15) is 4.79 Å². The first-order chi connectivity index (χ1) is 8.66. The first kappa shape index (κ1) is 14.6. The second-order valence-corrected chi connectivity index (χ2v) is 6.40. The monoisotopic (exact) mass is 326 g/mol. The molecule has 1 heterocycles. The Balaban J connectivity index is 2.40. The minimum atomic E-state index is -0.981. The smallest absolute Gasteiger partial charge is 0.478 e. The molecule has 1 aromatic carbocycles. The van der Waals surface area contributed by atoms with Gasteiger partial charge in [0.15, 0.2) is 0 Å². The van der Waals surface area contributed by atoms with Crippen molar-refractivity contribution in [1.29, 1.82) is 0 Å². The van der Waals surface area contributed by atoms with Crippen LogP contribution in [-0.4, -0.2) is 29.4 Å². The zero-order valence-corrected chi connectivity index (χ0v) is 12.9. The quantitative estimate of drug-likeness (QED) is 0.848. The normalized spacial score (nSPS) is 20.6. The van der Waals surface area contributed by atoms with Crippen LogP contribution in [0.2, 0.25) is 0 Å². The third kappa shape index (κ3) is 2.44. The average molecular weight is 327 g/mol. The highest BCUT2D eigenvalue weighted by Crippen LogP contribution is 2.37. The summed E-state index contributed by atoms with van der Waals surface area (Å²) < 4.78 is 12.3. The van der Waals surface area contributed by atoms with Gasteiger partial charge in [-0.2, -0.15) is 0 Å². The van der Waals surface area contributed by atoms with E-state index in [0.717, 1.165) is 0 Å². The lowest BCUT2D eigenvalue weighted by atomic mass is 9.78. The van der Waals surface area contributed by atoms with Gasteiger partial charge in [0.25, 0.3) is 0 Å². The molecule has 0 unspecified atom stereocenters. The summed E-state index contributed by atoms with van der Waals surface area (Å²) in [5, 5.41) is 9.13. The fourth-order valence-corrected chi connectivity index (χ4v) is 2.49. The van der Waals surface area contributed by atoms with Crippen molar-refractivity contribution >= 4 is 34.5 Å². The van der Waals surface area contributed by atoms with E-state index in [0.29, 0.717) is 9.94 Å². The van der Waals surface area contributed by atoms with Crippen molar-refractivity contribution in [1.82, 2.24) is 0 Å². The van der Waals surface area contributed by atoms with Crippen molar-refractivity contribution in [2.24, 2.45) is 0 Å². The Morgan fingerprint density at radius 1 is 1.21 bits per heavy atom. The molecule has 1 aliphatic rings. The molecule has 6 heteroatoms. The van der Waals surface area contributed by atoms with E-state index < -0.39 is 24.3 Å². The van der Waals surface area contributed by atoms with Gasteiger partial charge >= 0.3 is 13.1 Å². The predicted octanol–water partition coefficient (Wildman–Crippen LogP) is 2.45. The third-order valence-electron chi connectivity index (χ3n) is 3.77. The average Bonchev–Trinajstić information content (AvgIpc) is 2.47. The standard InChI is InChI=1S/C13H16BBrO4/c1-12(2)13(3,4)19-14(18-12)9-7-5-6-8(10(9)15)11(16)17/h5-7H,1-4H3,(H,16,17). The number of carbonyl (C=O) groups is 1. The summed E-state index contributed by atoms with van der Waals surface area (Å²) in [5.74, 6) is -0.981. The van der Waals surface area contributed by atoms with Crippen molar-refractivity contribution in [3.8, 4) is 0 Å². The Morgan fingerprint density at radius 2 is 1.74 bits per heavy atom. The van der Waals surface area contributed by atoms with Crippen molar-refractivity contribution in [2.45, 2.75) is 38.9 Å². The van der Waals surface area contributed by atoms with Gasteiger partial charge in [-0.05, 0) is 39.2 Å². The van der Waals surface area contributed by atoms with Crippen LogP contribution in [-0.2, 0) is 9.31 Å². The lowest BCUT2D eigenvalue weighted by Crippen LogP contribution is -2.41. The second kappa shape index (κ2) is 4.61. The number of carboxylic acids is 1. The molecule has 2 rings (SSSR count). The van der Waals surface area contributed by atoms with Gasteiger partial charge in [-0.1, -0.05) is 28.1 Å². The van der Waals surface area contributed by atoms with E-state index in [1.54, 1.807) is 18.2 Å². The largest absolute Gasteiger partial charge is 0.496 e. The van der Waals surface area contributed by atoms with Crippen LogP contribution in [0.25, 0.3) is 0 Å². The van der Waals surface area contributed by atoms with E-state index in [-0.39, 0.29) is 5.56 Å². The highest BCUT2D eigenvalue weighted by Gasteiger charge is 2.52. The van der Waals surface area contributed by atoms with Crippen LogP contribution in [0.15, 0.2) is 22.7 Å². The molecule has 0 aromatic heterocycles. The van der Waals surface area contributed by atoms with Crippen LogP contribution in [0.5, 0.6) is 0 Å². The summed E-state index contributed by atoms with van der Waals surface area (Å²) in [4.78, 5) is 11.1. The maximum atomic E-state index is 11.1. The van der Waals surface area contributed by atoms with Crippen molar-refractivity contribution in [3.63, 3.8) is 0 Å². The SMILES string of the molecule is CC1(C)OB(c2cccc(C(=O)O)c2Br)OC1(C)C. The molecule has 102 valence electrons. The van der Waals surface area contributed by atoms with Gasteiger partial charge in [0, 0.05) is 4.47 Å². The zero-order valence-electron chi connectivity index (χ0n) is 11.4. The molecule has 1 N–H and O–H groups in total. The molecule has 0 spiro atoms. The Hall–Kier alpha value is -0.845. The minimum Gasteiger partial charge on any atom is -0.478 e. The lowest BCUT2D eigenvalue weighted by molar-refractivity contribution is 0.00578. The van der Waals surface area contributed by atoms with E-state index in [1.807, 2.05) is 27.7 Å². The Kier molecular flexibility index (Phi) is 3.54. The zero-order chi connectivity index (χ0) is 14.4. The van der Waals surface area contributed by atoms with Gasteiger partial charge < -0.3 is 14.4 Å². The van der Waals surface area contributed by atoms with Crippen LogP contribution in [0.1, 0.15) is 38.1 Å². The number of benzene rings is 1. The summed E-state index contributed by atoms with van der Waals surface area (Å²) in [7, 11) is -0.571. The molecule has 0 bridgehead atoms. The molecule has 1 aromatic rings. The number of carboxylic acid groups (broad SMARTS) is 1. The Labute approximate surface area is 121 Å². The molecule has 0 atom stereocenters. The van der Waals surface area contributed by atoms with Crippen LogP contribution in [0, 0.1) is 0 Å². The van der Waals surface area contributed by atoms with Gasteiger partial charge in [-0.25, -0.2) is 4.79 Å². The lowest BCUT2D eigenvalue weighted by Gasteiger charge is -2.32. The highest BCUT2D eigenvalue weighted by atomic mass is 79.9. The number of rotatable bonds is 2. The summed E-state index contributed by atoms with van der Waals surface area (Å²) in [6.07, 6.45) is 0. The van der Waals surface area contributed by atoms with Crippen LogP contribution in [0.3, 0.4) is 0 Å². The van der Waals surface area contributed by atoms with Gasteiger partial charge in [0.1, 0.15) is 0 Å². The van der Waals surface area contributed by atoms with Gasteiger partial charge in [-0.3, -0.25) is 0 Å². The first-order valence-corrected chi connectivity index (χ1v) is 6.82. The van der Waals surface area contributed by atoms with Crippen molar-refractivity contribution < 1.29 is 19.2 Å². The summed E-state index contributed by atoms with van der Waals surface area (Å²) in [6.45, 7) is 7.84. The summed E-state index contributed by atoms with van der Waals surface area (Å²) in [6, 6.07) is 5.04. The summed E-state index contributed by atoms with van der Waals surface area (Å²) >= 11 is 3.33. The fourth-order valence-electron chi connectivity index (χ4n) is 1.87. The molecule has 0 radical (unpaired) electrons. The molecule has 0 saturated carbocycles. The van der Waals surface area contributed by atoms with E-state index in [2.05, 4.69) is 15.9 Å². The molecule has 1 aliphatic heterocycles. The molecule has 19 heavy (non-hydrogen) atoms. The maximum Gasteiger partial charge on any atom is 0.496 e. The van der Waals surface area contributed by atoms with Gasteiger partial charge in [-0.15, -0.1) is 0 Å². The van der Waals surface area contributed by atoms with Crippen molar-refractivity contribution in [2.75, 3.05) is 0 Å². The first-order valence-electron chi connectivity index (χ1n) is 6.03. The molecule has 1 saturated heterocycles. The van der Waals surface area contributed by atoms with Gasteiger partial charge in [0.2, 0.25) is 0 Å². The highest BCUT2D eigenvalue weighted by molar-refractivity contribution is 9.10. The fraction of sp³-hybridized carbons (Fsp3) is 0.462. The predicted molar refractivity (Wildman–Crippen MR) is 76.8 cm³/mol. The molecule has 4 nitrogen and oxygen atoms in total. The maximum absolute atomic E-state index is 11.1. The molecule has 0 aliphatic carbocycles. The molecular formula is C13H16BBrO4. The topological polar surface area (TPSA) is 55.8 Å². The number of hydrogen-bond donors (Lipinski definition) is 1. The van der Waals surface area contributed by atoms with E-state index >= 15 is 0 Å². The van der Waals surface area contributed by atoms with E-state index in [1.165, 1.54) is 0 Å². The number of aromatic carboxylic acids is 1. The minimum absolute atomic E-state index is 0.201. The molecular weight excluding hydrogens is 311 g/mol.